The zero-order chi connectivity index (χ0) is 24.2. The highest BCUT2D eigenvalue weighted by atomic mass is 16.5. The summed E-state index contributed by atoms with van der Waals surface area (Å²) in [4.78, 5) is 36.3. The Balaban J connectivity index is 1.96. The number of carbonyl (C=O) groups excluding carboxylic acids is 2. The zero-order valence-corrected chi connectivity index (χ0v) is 18.7. The summed E-state index contributed by atoms with van der Waals surface area (Å²) in [5.74, 6) is -1.71. The van der Waals surface area contributed by atoms with Crippen LogP contribution in [0.3, 0.4) is 0 Å². The third-order valence-corrected chi connectivity index (χ3v) is 5.09. The Labute approximate surface area is 192 Å². The van der Waals surface area contributed by atoms with Gasteiger partial charge in [-0.15, -0.1) is 0 Å². The molecule has 4 N–H and O–H groups in total. The molecule has 1 amide bonds. The fourth-order valence-corrected chi connectivity index (χ4v) is 3.33. The number of aryl methyl sites for hydroxylation is 1. The van der Waals surface area contributed by atoms with Crippen LogP contribution >= 0.6 is 0 Å². The molecule has 0 heterocycles. The molecule has 0 spiro atoms. The molecule has 9 nitrogen and oxygen atoms in total. The molecule has 0 unspecified atom stereocenters. The number of aliphatic carboxylic acids is 1. The largest absolute Gasteiger partial charge is 0.508 e. The molecule has 0 aromatic heterocycles. The number of phenols is 1. The summed E-state index contributed by atoms with van der Waals surface area (Å²) in [6.07, 6.45) is 0.839. The van der Waals surface area contributed by atoms with Gasteiger partial charge in [-0.1, -0.05) is 36.4 Å². The number of amides is 1. The summed E-state index contributed by atoms with van der Waals surface area (Å²) < 4.78 is 9.86. The van der Waals surface area contributed by atoms with Crippen molar-refractivity contribution in [1.29, 1.82) is 0 Å². The lowest BCUT2D eigenvalue weighted by molar-refractivity contribution is -0.145. The molecule has 0 radical (unpaired) electrons. The second-order valence-electron chi connectivity index (χ2n) is 7.48. The third-order valence-electron chi connectivity index (χ3n) is 5.09. The van der Waals surface area contributed by atoms with Crippen LogP contribution in [-0.2, 0) is 32.0 Å². The molecular formula is C24H30N2O7. The van der Waals surface area contributed by atoms with Crippen LogP contribution in [0.4, 0.5) is 0 Å². The minimum atomic E-state index is -1.15. The molecule has 0 aliphatic heterocycles. The third kappa shape index (κ3) is 8.46. The number of carbonyl (C=O) groups is 3. The fraction of sp³-hybridized carbons (Fsp3) is 0.375. The normalized spacial score (nSPS) is 12.4. The van der Waals surface area contributed by atoms with E-state index < -0.39 is 36.4 Å². The van der Waals surface area contributed by atoms with E-state index in [0.717, 1.165) is 5.56 Å². The summed E-state index contributed by atoms with van der Waals surface area (Å²) in [5.41, 5.74) is 1.54. The number of ether oxygens (including phenoxy) is 2. The molecule has 2 aromatic carbocycles. The van der Waals surface area contributed by atoms with E-state index in [1.165, 1.54) is 20.3 Å². The molecule has 2 atom stereocenters. The number of nitrogens with one attached hydrogen (secondary N) is 2. The molecule has 33 heavy (non-hydrogen) atoms. The predicted molar refractivity (Wildman–Crippen MR) is 121 cm³/mol. The first-order valence-corrected chi connectivity index (χ1v) is 10.6. The Morgan fingerprint density at radius 2 is 1.76 bits per heavy atom. The molecule has 2 aromatic rings. The van der Waals surface area contributed by atoms with Gasteiger partial charge in [0.25, 0.3) is 0 Å². The van der Waals surface area contributed by atoms with Crippen molar-refractivity contribution in [2.45, 2.75) is 37.8 Å². The topological polar surface area (TPSA) is 134 Å². The van der Waals surface area contributed by atoms with E-state index >= 15 is 0 Å². The maximum Gasteiger partial charge on any atom is 0.328 e. The summed E-state index contributed by atoms with van der Waals surface area (Å²) >= 11 is 0. The van der Waals surface area contributed by atoms with Gasteiger partial charge in [0, 0.05) is 12.5 Å². The Morgan fingerprint density at radius 3 is 2.36 bits per heavy atom. The first-order chi connectivity index (χ1) is 15.8. The number of esters is 1. The van der Waals surface area contributed by atoms with Crippen LogP contribution in [-0.4, -0.2) is 60.9 Å². The summed E-state index contributed by atoms with van der Waals surface area (Å²) in [7, 11) is 2.74. The molecular weight excluding hydrogens is 428 g/mol. The second-order valence-corrected chi connectivity index (χ2v) is 7.48. The maximum absolute atomic E-state index is 12.8. The van der Waals surface area contributed by atoms with Crippen LogP contribution in [0, 0.1) is 0 Å². The second kappa shape index (κ2) is 13.1. The smallest absolute Gasteiger partial charge is 0.328 e. The Kier molecular flexibility index (Phi) is 10.2. The van der Waals surface area contributed by atoms with Gasteiger partial charge in [-0.3, -0.25) is 9.59 Å². The van der Waals surface area contributed by atoms with Crippen molar-refractivity contribution in [2.24, 2.45) is 0 Å². The number of aromatic hydroxyl groups is 1. The molecule has 0 bridgehead atoms. The van der Waals surface area contributed by atoms with Crippen molar-refractivity contribution in [3.63, 3.8) is 0 Å². The van der Waals surface area contributed by atoms with Crippen molar-refractivity contribution in [3.8, 4) is 11.5 Å². The molecule has 0 fully saturated rings. The first kappa shape index (κ1) is 25.7. The van der Waals surface area contributed by atoms with Gasteiger partial charge in [0.1, 0.15) is 17.5 Å². The zero-order valence-electron chi connectivity index (χ0n) is 18.7. The van der Waals surface area contributed by atoms with Crippen LogP contribution in [0.1, 0.15) is 24.0 Å². The van der Waals surface area contributed by atoms with Gasteiger partial charge in [0.2, 0.25) is 5.91 Å². The van der Waals surface area contributed by atoms with Gasteiger partial charge in [-0.05, 0) is 36.6 Å². The number of benzene rings is 2. The number of phenolic OH excluding ortho intramolecular Hbond substituents is 1. The van der Waals surface area contributed by atoms with E-state index in [1.54, 1.807) is 12.1 Å². The van der Waals surface area contributed by atoms with Crippen molar-refractivity contribution in [3.05, 3.63) is 59.7 Å². The Bertz CT molecular complexity index is 934. The molecule has 2 rings (SSSR count). The fourth-order valence-electron chi connectivity index (χ4n) is 3.33. The van der Waals surface area contributed by atoms with E-state index in [9.17, 15) is 24.6 Å². The molecule has 9 heteroatoms. The lowest BCUT2D eigenvalue weighted by atomic mass is 10.0. The Morgan fingerprint density at radius 1 is 1.03 bits per heavy atom. The highest BCUT2D eigenvalue weighted by Crippen LogP contribution is 2.24. The number of hydrogen-bond donors (Lipinski definition) is 4. The number of rotatable bonds is 13. The van der Waals surface area contributed by atoms with Gasteiger partial charge < -0.3 is 30.3 Å². The van der Waals surface area contributed by atoms with E-state index in [1.807, 2.05) is 30.3 Å². The lowest BCUT2D eigenvalue weighted by Gasteiger charge is -2.21. The average molecular weight is 459 g/mol. The molecule has 0 aliphatic rings. The van der Waals surface area contributed by atoms with Crippen LogP contribution in [0.15, 0.2) is 48.5 Å². The van der Waals surface area contributed by atoms with E-state index in [2.05, 4.69) is 10.6 Å². The summed E-state index contributed by atoms with van der Waals surface area (Å²) in [5, 5.41) is 24.8. The van der Waals surface area contributed by atoms with E-state index in [0.29, 0.717) is 30.7 Å². The van der Waals surface area contributed by atoms with Gasteiger partial charge in [0.05, 0.1) is 26.7 Å². The maximum atomic E-state index is 12.8. The van der Waals surface area contributed by atoms with Crippen molar-refractivity contribution >= 4 is 17.8 Å². The first-order valence-electron chi connectivity index (χ1n) is 10.6. The van der Waals surface area contributed by atoms with Gasteiger partial charge in [0.15, 0.2) is 0 Å². The molecule has 0 saturated carbocycles. The van der Waals surface area contributed by atoms with Crippen LogP contribution in [0.5, 0.6) is 11.5 Å². The van der Waals surface area contributed by atoms with Crippen LogP contribution in [0.25, 0.3) is 0 Å². The summed E-state index contributed by atoms with van der Waals surface area (Å²) in [6.45, 7) is 0.332. The molecule has 178 valence electrons. The van der Waals surface area contributed by atoms with Gasteiger partial charge >= 0.3 is 11.9 Å². The van der Waals surface area contributed by atoms with Crippen molar-refractivity contribution < 1.29 is 34.1 Å². The van der Waals surface area contributed by atoms with Gasteiger partial charge in [-0.2, -0.15) is 0 Å². The number of carboxylic acids is 1. The SMILES string of the molecule is COC(=O)[C@@H](Cc1ccccc1)NC(=O)[C@@H](CC(=O)O)NCCCc1ccc(OC)cc1O. The predicted octanol–water partition coefficient (Wildman–Crippen LogP) is 1.67. The Hall–Kier alpha value is -3.59. The van der Waals surface area contributed by atoms with Gasteiger partial charge in [-0.25, -0.2) is 4.79 Å². The average Bonchev–Trinajstić information content (AvgIpc) is 2.81. The van der Waals surface area contributed by atoms with E-state index in [-0.39, 0.29) is 12.2 Å². The standard InChI is InChI=1S/C24H30N2O7/c1-32-18-11-10-17(21(27)14-18)9-6-12-25-19(15-22(28)29)23(30)26-20(24(31)33-2)13-16-7-4-3-5-8-16/h3-5,7-8,10-11,14,19-20,25,27H,6,9,12-13,15H2,1-2H3,(H,26,30)(H,28,29)/t19-,20-/m1/s1. The number of hydrogen-bond acceptors (Lipinski definition) is 7. The molecule has 0 saturated heterocycles. The monoisotopic (exact) mass is 458 g/mol. The number of carboxylic acid groups (broad SMARTS) is 1. The quantitative estimate of drug-likeness (QED) is 0.263. The minimum Gasteiger partial charge on any atom is -0.508 e. The minimum absolute atomic E-state index is 0.107. The highest BCUT2D eigenvalue weighted by molar-refractivity contribution is 5.90. The number of methoxy groups -OCH3 is 2. The van der Waals surface area contributed by atoms with Crippen molar-refractivity contribution in [1.82, 2.24) is 10.6 Å². The molecule has 0 aliphatic carbocycles. The summed E-state index contributed by atoms with van der Waals surface area (Å²) in [6, 6.07) is 12.2. The highest BCUT2D eigenvalue weighted by Gasteiger charge is 2.27. The van der Waals surface area contributed by atoms with E-state index in [4.69, 9.17) is 9.47 Å². The van der Waals surface area contributed by atoms with Crippen LogP contribution < -0.4 is 15.4 Å². The lowest BCUT2D eigenvalue weighted by Crippen LogP contribution is -2.52. The van der Waals surface area contributed by atoms with Crippen LogP contribution in [0.2, 0.25) is 0 Å². The van der Waals surface area contributed by atoms with Crippen molar-refractivity contribution in [2.75, 3.05) is 20.8 Å².